The Morgan fingerprint density at radius 2 is 0.600 bits per heavy atom. The smallest absolute Gasteiger partial charge is 0.00231 e. The molecule has 0 spiro atoms. The highest BCUT2D eigenvalue weighted by molar-refractivity contribution is 8.34. The van der Waals surface area contributed by atoms with Gasteiger partial charge in [0.1, 0.15) is 0 Å². The van der Waals surface area contributed by atoms with E-state index in [-0.39, 0.29) is 16.2 Å². The molecule has 1 heteroatoms. The van der Waals surface area contributed by atoms with Crippen LogP contribution >= 0.6 is 10.0 Å². The van der Waals surface area contributed by atoms with E-state index in [4.69, 9.17) is 0 Å². The summed E-state index contributed by atoms with van der Waals surface area (Å²) in [4.78, 5) is 5.52. The second-order valence-corrected chi connectivity index (χ2v) is 17.8. The molecule has 0 saturated carbocycles. The molecule has 0 fully saturated rings. The van der Waals surface area contributed by atoms with E-state index in [0.29, 0.717) is 5.92 Å². The van der Waals surface area contributed by atoms with Crippen LogP contribution in [0.4, 0.5) is 0 Å². The van der Waals surface area contributed by atoms with E-state index in [0.717, 1.165) is 0 Å². The fraction of sp³-hybridized carbons (Fsp3) is 0.385. The van der Waals surface area contributed by atoms with Crippen molar-refractivity contribution in [2.75, 3.05) is 0 Å². The van der Waals surface area contributed by atoms with Crippen molar-refractivity contribution in [3.63, 3.8) is 0 Å². The third-order valence-corrected chi connectivity index (χ3v) is 12.0. The molecule has 4 rings (SSSR count). The average Bonchev–Trinajstić information content (AvgIpc) is 2.89. The van der Waals surface area contributed by atoms with Gasteiger partial charge in [-0.2, -0.15) is 0 Å². The minimum Gasteiger partial charge on any atom is -0.133 e. The molecule has 0 aliphatic heterocycles. The summed E-state index contributed by atoms with van der Waals surface area (Å²) in [6.07, 6.45) is 0. The van der Waals surface area contributed by atoms with Crippen molar-refractivity contribution in [1.82, 2.24) is 0 Å². The average molecular weight is 551 g/mol. The summed E-state index contributed by atoms with van der Waals surface area (Å²) in [6.45, 7) is 25.2. The predicted octanol–water partition coefficient (Wildman–Crippen LogP) is 12.0. The summed E-state index contributed by atoms with van der Waals surface area (Å²) >= 11 is 0. The second-order valence-electron chi connectivity index (χ2n) is 14.7. The molecule has 0 amide bonds. The maximum Gasteiger partial charge on any atom is 0.00231 e. The molecule has 40 heavy (non-hydrogen) atoms. The minimum absolute atomic E-state index is 0.109. The molecular formula is C39H50S. The number of rotatable bonds is 5. The Morgan fingerprint density at radius 3 is 0.800 bits per heavy atom. The van der Waals surface area contributed by atoms with E-state index in [1.807, 2.05) is 0 Å². The van der Waals surface area contributed by atoms with Crippen LogP contribution in [-0.2, 0) is 16.2 Å². The van der Waals surface area contributed by atoms with E-state index in [1.54, 1.807) is 0 Å². The molecule has 0 aliphatic carbocycles. The van der Waals surface area contributed by atoms with Gasteiger partial charge in [0.25, 0.3) is 0 Å². The van der Waals surface area contributed by atoms with Crippen LogP contribution in [0.1, 0.15) is 104 Å². The zero-order valence-corrected chi connectivity index (χ0v) is 27.5. The van der Waals surface area contributed by atoms with Gasteiger partial charge in [0, 0.05) is 19.6 Å². The number of hydrogen-bond acceptors (Lipinski definition) is 0. The van der Waals surface area contributed by atoms with Crippen molar-refractivity contribution in [1.29, 1.82) is 0 Å². The first-order valence-electron chi connectivity index (χ1n) is 14.8. The van der Waals surface area contributed by atoms with Crippen LogP contribution in [0.3, 0.4) is 0 Å². The number of benzene rings is 4. The van der Waals surface area contributed by atoms with Gasteiger partial charge >= 0.3 is 0 Å². The van der Waals surface area contributed by atoms with Crippen molar-refractivity contribution in [2.24, 2.45) is 0 Å². The van der Waals surface area contributed by atoms with Crippen LogP contribution in [0.25, 0.3) is 0 Å². The predicted molar refractivity (Wildman–Crippen MR) is 177 cm³/mol. The van der Waals surface area contributed by atoms with Gasteiger partial charge in [0.15, 0.2) is 0 Å². The molecule has 0 radical (unpaired) electrons. The molecule has 0 saturated heterocycles. The topological polar surface area (TPSA) is 0 Å². The molecule has 0 bridgehead atoms. The maximum absolute atomic E-state index is 2.40. The van der Waals surface area contributed by atoms with Gasteiger partial charge in [-0.15, -0.1) is 10.0 Å². The SMILES string of the molecule is CC(C)c1ccc(S(c2ccc(C(C)(C)C)cc2)(c2ccc(C(C)(C)C)cc2)c2ccc(C(C)(C)C)cc2)cc1. The molecule has 0 N–H and O–H groups in total. The quantitative estimate of drug-likeness (QED) is 0.232. The molecule has 4 aromatic rings. The summed E-state index contributed by atoms with van der Waals surface area (Å²) in [6, 6.07) is 38.0. The first-order chi connectivity index (χ1) is 18.5. The molecule has 0 aromatic heterocycles. The van der Waals surface area contributed by atoms with Gasteiger partial charge < -0.3 is 0 Å². The van der Waals surface area contributed by atoms with E-state index in [1.165, 1.54) is 41.8 Å². The summed E-state index contributed by atoms with van der Waals surface area (Å²) < 4.78 is 0. The first-order valence-corrected chi connectivity index (χ1v) is 16.4. The van der Waals surface area contributed by atoms with Gasteiger partial charge in [0.05, 0.1) is 0 Å². The van der Waals surface area contributed by atoms with E-state index < -0.39 is 10.0 Å². The Bertz CT molecular complexity index is 1260. The largest absolute Gasteiger partial charge is 0.133 e. The highest BCUT2D eigenvalue weighted by atomic mass is 32.3. The van der Waals surface area contributed by atoms with Crippen LogP contribution in [0.2, 0.25) is 0 Å². The zero-order valence-electron chi connectivity index (χ0n) is 26.7. The maximum atomic E-state index is 2.40. The van der Waals surface area contributed by atoms with Crippen molar-refractivity contribution < 1.29 is 0 Å². The molecule has 0 nitrogen and oxygen atoms in total. The normalized spacial score (nSPS) is 13.5. The van der Waals surface area contributed by atoms with Crippen LogP contribution < -0.4 is 0 Å². The van der Waals surface area contributed by atoms with Gasteiger partial charge in [-0.25, -0.2) is 0 Å². The van der Waals surface area contributed by atoms with Crippen molar-refractivity contribution in [2.45, 2.75) is 118 Å². The fourth-order valence-corrected chi connectivity index (χ4v) is 9.16. The second kappa shape index (κ2) is 10.9. The van der Waals surface area contributed by atoms with Crippen LogP contribution in [-0.4, -0.2) is 0 Å². The van der Waals surface area contributed by atoms with Gasteiger partial charge in [-0.05, 0) is 92.9 Å². The molecule has 0 aliphatic rings. The molecule has 212 valence electrons. The Morgan fingerprint density at radius 1 is 0.375 bits per heavy atom. The summed E-state index contributed by atoms with van der Waals surface area (Å²) in [7, 11) is -1.74. The fourth-order valence-electron chi connectivity index (χ4n) is 5.35. The van der Waals surface area contributed by atoms with Gasteiger partial charge in [-0.1, -0.05) is 125 Å². The minimum atomic E-state index is -1.74. The lowest BCUT2D eigenvalue weighted by Gasteiger charge is -2.43. The van der Waals surface area contributed by atoms with Gasteiger partial charge in [-0.3, -0.25) is 0 Å². The van der Waals surface area contributed by atoms with E-state index in [2.05, 4.69) is 173 Å². The van der Waals surface area contributed by atoms with Crippen molar-refractivity contribution >= 4 is 10.0 Å². The van der Waals surface area contributed by atoms with Crippen molar-refractivity contribution in [3.8, 4) is 0 Å². The lowest BCUT2D eigenvalue weighted by Crippen LogP contribution is -2.13. The summed E-state index contributed by atoms with van der Waals surface area (Å²) in [5.74, 6) is 0.502. The lowest BCUT2D eigenvalue weighted by molar-refractivity contribution is 0.589. The Labute approximate surface area is 246 Å². The lowest BCUT2D eigenvalue weighted by atomic mass is 9.87. The molecular weight excluding hydrogens is 500 g/mol. The van der Waals surface area contributed by atoms with Gasteiger partial charge in [0.2, 0.25) is 0 Å². The monoisotopic (exact) mass is 550 g/mol. The Balaban J connectivity index is 2.08. The third kappa shape index (κ3) is 5.96. The van der Waals surface area contributed by atoms with Crippen LogP contribution in [0, 0.1) is 0 Å². The summed E-state index contributed by atoms with van der Waals surface area (Å²) in [5, 5.41) is 0. The van der Waals surface area contributed by atoms with E-state index >= 15 is 0 Å². The molecule has 0 atom stereocenters. The first kappa shape index (κ1) is 30.2. The Hall–Kier alpha value is -2.77. The molecule has 0 heterocycles. The standard InChI is InChI=1S/C39H50S/c1-28(2)29-12-20-33(21-13-29)40(34-22-14-30(15-23-34)37(3,4)5,35-24-16-31(17-25-35)38(6,7)8)36-26-18-32(19-27-36)39(9,10)11/h12-28H,1-11H3. The molecule has 4 aromatic carbocycles. The molecule has 0 unspecified atom stereocenters. The third-order valence-electron chi connectivity index (χ3n) is 8.12. The Kier molecular flexibility index (Phi) is 8.23. The van der Waals surface area contributed by atoms with Crippen LogP contribution in [0.15, 0.2) is 117 Å². The number of hydrogen-bond donors (Lipinski definition) is 0. The van der Waals surface area contributed by atoms with Crippen LogP contribution in [0.5, 0.6) is 0 Å². The zero-order chi connectivity index (χ0) is 29.5. The highest BCUT2D eigenvalue weighted by Crippen LogP contribution is 2.73. The van der Waals surface area contributed by atoms with Crippen molar-refractivity contribution in [3.05, 3.63) is 119 Å². The highest BCUT2D eigenvalue weighted by Gasteiger charge is 2.34. The van der Waals surface area contributed by atoms with E-state index in [9.17, 15) is 0 Å². The summed E-state index contributed by atoms with van der Waals surface area (Å²) in [5.41, 5.74) is 5.81.